The normalized spacial score (nSPS) is 36.1. The number of rotatable bonds is 14. The average Bonchev–Trinajstić information content (AvgIpc) is 3.75. The highest BCUT2D eigenvalue weighted by Gasteiger charge is 2.87. The van der Waals surface area contributed by atoms with Crippen molar-refractivity contribution in [2.24, 2.45) is 41.2 Å². The first-order valence-corrected chi connectivity index (χ1v) is 18.4. The van der Waals surface area contributed by atoms with Gasteiger partial charge in [-0.3, -0.25) is 9.59 Å². The lowest BCUT2D eigenvalue weighted by Crippen LogP contribution is -2.60. The number of nitrogens with two attached hydrogens (primary N) is 1. The number of allylic oxidation sites excluding steroid dienone is 1. The third-order valence-corrected chi connectivity index (χ3v) is 12.1. The summed E-state index contributed by atoms with van der Waals surface area (Å²) < 4.78 is 11.9. The van der Waals surface area contributed by atoms with Gasteiger partial charge >= 0.3 is 5.97 Å². The lowest BCUT2D eigenvalue weighted by molar-refractivity contribution is -0.162. The number of aliphatic hydroxyl groups is 2. The van der Waals surface area contributed by atoms with E-state index in [1.54, 1.807) is 0 Å². The van der Waals surface area contributed by atoms with Crippen molar-refractivity contribution in [2.75, 3.05) is 19.8 Å². The summed E-state index contributed by atoms with van der Waals surface area (Å²) in [7, 11) is 0. The highest BCUT2D eigenvalue weighted by molar-refractivity contribution is 6.23. The van der Waals surface area contributed by atoms with Crippen molar-refractivity contribution in [1.82, 2.24) is 5.32 Å². The van der Waals surface area contributed by atoms with E-state index in [2.05, 4.69) is 19.2 Å². The largest absolute Gasteiger partial charge is 0.460 e. The molecule has 3 saturated carbocycles. The fourth-order valence-corrected chi connectivity index (χ4v) is 9.44. The first-order valence-electron chi connectivity index (χ1n) is 18.4. The molecule has 0 spiro atoms. The van der Waals surface area contributed by atoms with Gasteiger partial charge in [0.2, 0.25) is 0 Å². The molecule has 0 amide bonds. The lowest BCUT2D eigenvalue weighted by atomic mass is 9.56. The maximum Gasteiger partial charge on any atom is 0.350 e. The molecule has 5 aliphatic rings. The van der Waals surface area contributed by atoms with Crippen LogP contribution in [0.1, 0.15) is 124 Å². The Hall–Kier alpha value is -1.65. The molecular formula is C37H60N2O7. The fourth-order valence-electron chi connectivity index (χ4n) is 9.44. The maximum absolute atomic E-state index is 14.5. The van der Waals surface area contributed by atoms with Crippen LogP contribution in [-0.4, -0.2) is 71.0 Å². The third-order valence-electron chi connectivity index (χ3n) is 12.1. The molecule has 0 aromatic rings. The van der Waals surface area contributed by atoms with Crippen molar-refractivity contribution >= 4 is 17.5 Å². The number of hydrogen-bond donors (Lipinski definition) is 4. The minimum atomic E-state index is -2.01. The maximum atomic E-state index is 14.5. The van der Waals surface area contributed by atoms with Gasteiger partial charge in [0.25, 0.3) is 5.60 Å². The Morgan fingerprint density at radius 3 is 2.50 bits per heavy atom. The number of ether oxygens (including phenoxy) is 2. The second-order valence-corrected chi connectivity index (χ2v) is 15.8. The van der Waals surface area contributed by atoms with Gasteiger partial charge < -0.3 is 30.7 Å². The topological polar surface area (TPSA) is 151 Å². The summed E-state index contributed by atoms with van der Waals surface area (Å²) in [4.78, 5) is 43.0. The quantitative estimate of drug-likeness (QED) is 0.0909. The van der Waals surface area contributed by atoms with Crippen LogP contribution < -0.4 is 11.1 Å². The zero-order valence-corrected chi connectivity index (χ0v) is 28.6. The van der Waals surface area contributed by atoms with E-state index in [0.717, 1.165) is 63.5 Å². The van der Waals surface area contributed by atoms with Gasteiger partial charge in [-0.25, -0.2) is 4.79 Å². The fraction of sp³-hybridized carbons (Fsp3) is 0.865. The van der Waals surface area contributed by atoms with Crippen molar-refractivity contribution in [1.29, 1.82) is 0 Å². The van der Waals surface area contributed by atoms with Crippen LogP contribution in [0.5, 0.6) is 0 Å². The Bertz CT molecular complexity index is 1130. The molecule has 46 heavy (non-hydrogen) atoms. The Morgan fingerprint density at radius 2 is 1.80 bits per heavy atom. The number of epoxide rings is 1. The van der Waals surface area contributed by atoms with Gasteiger partial charge in [-0.2, -0.15) is 0 Å². The molecule has 2 heterocycles. The molecule has 8 unspecified atom stereocenters. The third kappa shape index (κ3) is 7.34. The summed E-state index contributed by atoms with van der Waals surface area (Å²) in [6, 6.07) is 0. The molecule has 260 valence electrons. The van der Waals surface area contributed by atoms with Crippen molar-refractivity contribution < 1.29 is 34.1 Å². The number of fused-ring (bicyclic) bond motifs is 2. The zero-order chi connectivity index (χ0) is 33.1. The van der Waals surface area contributed by atoms with E-state index in [4.69, 9.17) is 15.2 Å². The Labute approximate surface area is 275 Å². The van der Waals surface area contributed by atoms with Crippen LogP contribution >= 0.6 is 0 Å². The number of carbonyl (C=O) groups is 3. The zero-order valence-electron chi connectivity index (χ0n) is 28.6. The summed E-state index contributed by atoms with van der Waals surface area (Å²) in [5.74, 6) is -1.02. The number of piperidine rings is 1. The van der Waals surface area contributed by atoms with Crippen molar-refractivity contribution in [3.63, 3.8) is 0 Å². The summed E-state index contributed by atoms with van der Waals surface area (Å²) in [6.45, 7) is 6.58. The molecule has 0 aromatic carbocycles. The number of ketones is 2. The average molecular weight is 645 g/mol. The van der Waals surface area contributed by atoms with Crippen molar-refractivity contribution in [3.05, 3.63) is 11.1 Å². The standard InChI is InChI=1S/C37H60N2O7/c1-23(2)18-27-10-7-11-30-32(27)34(43)37(35(44)45-22-29(41)15-14-25-8-5-4-6-9-25)36(46-37,33(30)42)20-28(21-40)24(3)12-13-26-16-17-39-31(38)19-26/h23,25-27,29-32,39-41H,4-22,38H2,1-3H3. The smallest absolute Gasteiger partial charge is 0.350 e. The molecule has 0 radical (unpaired) electrons. The Kier molecular flexibility index (Phi) is 11.8. The minimum absolute atomic E-state index is 0.00302. The van der Waals surface area contributed by atoms with Crippen LogP contribution in [-0.2, 0) is 23.9 Å². The van der Waals surface area contributed by atoms with Crippen LogP contribution in [0.4, 0.5) is 0 Å². The monoisotopic (exact) mass is 644 g/mol. The molecule has 2 aliphatic heterocycles. The second kappa shape index (κ2) is 15.3. The summed E-state index contributed by atoms with van der Waals surface area (Å²) in [5, 5.41) is 24.6. The number of carbonyl (C=O) groups excluding carboxylic acids is 3. The predicted molar refractivity (Wildman–Crippen MR) is 175 cm³/mol. The molecular weight excluding hydrogens is 584 g/mol. The van der Waals surface area contributed by atoms with Crippen LogP contribution in [0.3, 0.4) is 0 Å². The highest BCUT2D eigenvalue weighted by Crippen LogP contribution is 2.63. The van der Waals surface area contributed by atoms with Gasteiger partial charge in [0.1, 0.15) is 6.61 Å². The van der Waals surface area contributed by atoms with Gasteiger partial charge in [-0.1, -0.05) is 57.9 Å². The Balaban J connectivity index is 1.35. The van der Waals surface area contributed by atoms with E-state index in [-0.39, 0.29) is 43.3 Å². The molecule has 5 N–H and O–H groups in total. The minimum Gasteiger partial charge on any atom is -0.460 e. The Morgan fingerprint density at radius 1 is 1.04 bits per heavy atom. The summed E-state index contributed by atoms with van der Waals surface area (Å²) in [5.41, 5.74) is 4.05. The number of Topliss-reactive ketones (excluding diaryl/α,β-unsaturated/α-hetero) is 2. The molecule has 0 aromatic heterocycles. The molecule has 8 atom stereocenters. The number of esters is 1. The number of aliphatic hydroxyl groups excluding tert-OH is 2. The van der Waals surface area contributed by atoms with E-state index >= 15 is 0 Å². The molecule has 5 fully saturated rings. The molecule has 0 bridgehead atoms. The summed E-state index contributed by atoms with van der Waals surface area (Å²) in [6.07, 6.45) is 13.3. The van der Waals surface area contributed by atoms with Crippen molar-refractivity contribution in [2.45, 2.75) is 147 Å². The highest BCUT2D eigenvalue weighted by atomic mass is 16.7. The molecule has 5 rings (SSSR count). The first kappa shape index (κ1) is 35.7. The van der Waals surface area contributed by atoms with Crippen LogP contribution in [0.25, 0.3) is 0 Å². The van der Waals surface area contributed by atoms with E-state index in [9.17, 15) is 24.6 Å². The molecule has 2 saturated heterocycles. The van der Waals surface area contributed by atoms with E-state index in [1.165, 1.54) is 32.1 Å². The van der Waals surface area contributed by atoms with Gasteiger partial charge in [0.15, 0.2) is 17.2 Å². The molecule has 9 nitrogen and oxygen atoms in total. The van der Waals surface area contributed by atoms with Crippen LogP contribution in [0.15, 0.2) is 11.1 Å². The SMILES string of the molecule is CC(CCC1CCNC(N)C1)=C(CO)CC12OC1(C(=O)OCC(O)CCC1CCCCC1)C(=O)C1C(CC(C)C)CCCC1C2=O. The van der Waals surface area contributed by atoms with Gasteiger partial charge in [-0.05, 0) is 101 Å². The molecule has 3 aliphatic carbocycles. The first-order chi connectivity index (χ1) is 22.0. The van der Waals surface area contributed by atoms with Gasteiger partial charge in [0.05, 0.1) is 18.9 Å². The lowest BCUT2D eigenvalue weighted by Gasteiger charge is -2.42. The predicted octanol–water partition coefficient (Wildman–Crippen LogP) is 4.75. The molecule has 9 heteroatoms. The van der Waals surface area contributed by atoms with Gasteiger partial charge in [-0.15, -0.1) is 0 Å². The second-order valence-electron chi connectivity index (χ2n) is 15.8. The van der Waals surface area contributed by atoms with E-state index < -0.39 is 35.1 Å². The van der Waals surface area contributed by atoms with E-state index in [1.807, 2.05) is 6.92 Å². The number of nitrogens with one attached hydrogen (secondary N) is 1. The van der Waals surface area contributed by atoms with Crippen molar-refractivity contribution in [3.8, 4) is 0 Å². The van der Waals surface area contributed by atoms with Gasteiger partial charge in [0, 0.05) is 18.3 Å². The van der Waals surface area contributed by atoms with Crippen LogP contribution in [0.2, 0.25) is 0 Å². The summed E-state index contributed by atoms with van der Waals surface area (Å²) >= 11 is 0. The van der Waals surface area contributed by atoms with E-state index in [0.29, 0.717) is 36.2 Å². The van der Waals surface area contributed by atoms with Crippen LogP contribution in [0, 0.1) is 35.5 Å². The number of hydrogen-bond acceptors (Lipinski definition) is 9.